The molecule has 6 nitrogen and oxygen atoms in total. The fourth-order valence-corrected chi connectivity index (χ4v) is 5.29. The molecule has 3 rings (SSSR count). The van der Waals surface area contributed by atoms with Crippen molar-refractivity contribution < 1.29 is 17.9 Å². The molecule has 0 aromatic heterocycles. The minimum Gasteiger partial charge on any atom is -0.384 e. The number of ether oxygens (including phenoxy) is 1. The van der Waals surface area contributed by atoms with Crippen molar-refractivity contribution in [1.82, 2.24) is 9.21 Å². The number of benzene rings is 1. The van der Waals surface area contributed by atoms with Gasteiger partial charge in [0.25, 0.3) is 0 Å². The standard InChI is InChI=1S/C19H28N2O4S/c1-15-5-4-6-16(9-15)10-18(22)20-8-7-19(14-25-2)13-21(26(3,23)24)12-17(19)11-20/h4-6,9,17H,7-8,10-14H2,1-3H3. The minimum atomic E-state index is -3.23. The van der Waals surface area contributed by atoms with Crippen LogP contribution in [0.15, 0.2) is 24.3 Å². The van der Waals surface area contributed by atoms with Crippen LogP contribution < -0.4 is 0 Å². The third-order valence-corrected chi connectivity index (χ3v) is 7.01. The first kappa shape index (κ1) is 19.3. The normalized spacial score (nSPS) is 26.7. The van der Waals surface area contributed by atoms with Crippen LogP contribution in [0.3, 0.4) is 0 Å². The molecule has 0 radical (unpaired) electrons. The van der Waals surface area contributed by atoms with Crippen molar-refractivity contribution in [2.24, 2.45) is 11.3 Å². The molecule has 26 heavy (non-hydrogen) atoms. The summed E-state index contributed by atoms with van der Waals surface area (Å²) in [5, 5.41) is 0. The number of hydrogen-bond acceptors (Lipinski definition) is 4. The van der Waals surface area contributed by atoms with Crippen molar-refractivity contribution in [3.05, 3.63) is 35.4 Å². The first-order valence-corrected chi connectivity index (χ1v) is 10.9. The average Bonchev–Trinajstić information content (AvgIpc) is 2.94. The molecule has 0 spiro atoms. The quantitative estimate of drug-likeness (QED) is 0.772. The number of likely N-dealkylation sites (tertiary alicyclic amines) is 1. The lowest BCUT2D eigenvalue weighted by Crippen LogP contribution is -2.51. The molecule has 2 heterocycles. The number of amides is 1. The Morgan fingerprint density at radius 1 is 1.35 bits per heavy atom. The van der Waals surface area contributed by atoms with Gasteiger partial charge in [0.15, 0.2) is 0 Å². The Kier molecular flexibility index (Phi) is 5.42. The van der Waals surface area contributed by atoms with Gasteiger partial charge in [0.05, 0.1) is 19.3 Å². The number of hydrogen-bond donors (Lipinski definition) is 0. The Hall–Kier alpha value is -1.44. The van der Waals surface area contributed by atoms with E-state index in [-0.39, 0.29) is 17.2 Å². The summed E-state index contributed by atoms with van der Waals surface area (Å²) in [7, 11) is -1.58. The highest BCUT2D eigenvalue weighted by Gasteiger charge is 2.52. The fraction of sp³-hybridized carbons (Fsp3) is 0.632. The van der Waals surface area contributed by atoms with Crippen LogP contribution in [0, 0.1) is 18.3 Å². The monoisotopic (exact) mass is 380 g/mol. The molecule has 2 unspecified atom stereocenters. The van der Waals surface area contributed by atoms with Gasteiger partial charge in [0, 0.05) is 38.7 Å². The lowest BCUT2D eigenvalue weighted by atomic mass is 9.73. The maximum Gasteiger partial charge on any atom is 0.227 e. The van der Waals surface area contributed by atoms with E-state index in [0.29, 0.717) is 39.2 Å². The predicted molar refractivity (Wildman–Crippen MR) is 100 cm³/mol. The second-order valence-corrected chi connectivity index (χ2v) is 9.79. The van der Waals surface area contributed by atoms with E-state index in [1.165, 1.54) is 6.26 Å². The number of sulfonamides is 1. The molecule has 0 aliphatic carbocycles. The topological polar surface area (TPSA) is 66.9 Å². The summed E-state index contributed by atoms with van der Waals surface area (Å²) in [6, 6.07) is 8.01. The van der Waals surface area contributed by atoms with Crippen LogP contribution in [0.2, 0.25) is 0 Å². The number of carbonyl (C=O) groups is 1. The summed E-state index contributed by atoms with van der Waals surface area (Å²) in [6.07, 6.45) is 2.42. The molecule has 0 bridgehead atoms. The van der Waals surface area contributed by atoms with Gasteiger partial charge in [-0.15, -0.1) is 0 Å². The van der Waals surface area contributed by atoms with Crippen LogP contribution in [-0.4, -0.2) is 69.7 Å². The number of piperidine rings is 1. The van der Waals surface area contributed by atoms with E-state index >= 15 is 0 Å². The molecule has 2 atom stereocenters. The third-order valence-electron chi connectivity index (χ3n) is 5.79. The van der Waals surface area contributed by atoms with Crippen LogP contribution in [0.25, 0.3) is 0 Å². The van der Waals surface area contributed by atoms with Crippen molar-refractivity contribution in [2.45, 2.75) is 19.8 Å². The Balaban J connectivity index is 1.72. The molecule has 1 amide bonds. The van der Waals surface area contributed by atoms with E-state index < -0.39 is 10.0 Å². The van der Waals surface area contributed by atoms with E-state index in [9.17, 15) is 13.2 Å². The number of nitrogens with zero attached hydrogens (tertiary/aromatic N) is 2. The van der Waals surface area contributed by atoms with Gasteiger partial charge >= 0.3 is 0 Å². The first-order valence-electron chi connectivity index (χ1n) is 9.01. The lowest BCUT2D eigenvalue weighted by molar-refractivity contribution is -0.134. The maximum absolute atomic E-state index is 12.8. The van der Waals surface area contributed by atoms with Crippen molar-refractivity contribution in [3.8, 4) is 0 Å². The van der Waals surface area contributed by atoms with E-state index in [1.807, 2.05) is 36.1 Å². The highest BCUT2D eigenvalue weighted by Crippen LogP contribution is 2.43. The Morgan fingerprint density at radius 2 is 2.12 bits per heavy atom. The summed E-state index contributed by atoms with van der Waals surface area (Å²) >= 11 is 0. The van der Waals surface area contributed by atoms with Gasteiger partial charge in [0.1, 0.15) is 0 Å². The molecule has 0 N–H and O–H groups in total. The van der Waals surface area contributed by atoms with Crippen molar-refractivity contribution in [2.75, 3.05) is 46.2 Å². The Labute approximate surface area is 156 Å². The van der Waals surface area contributed by atoms with Crippen molar-refractivity contribution in [3.63, 3.8) is 0 Å². The van der Waals surface area contributed by atoms with E-state index in [4.69, 9.17) is 4.74 Å². The highest BCUT2D eigenvalue weighted by atomic mass is 32.2. The van der Waals surface area contributed by atoms with Crippen molar-refractivity contribution in [1.29, 1.82) is 0 Å². The largest absolute Gasteiger partial charge is 0.384 e. The van der Waals surface area contributed by atoms with Gasteiger partial charge < -0.3 is 9.64 Å². The second-order valence-electron chi connectivity index (χ2n) is 7.80. The minimum absolute atomic E-state index is 0.111. The predicted octanol–water partition coefficient (Wildman–Crippen LogP) is 1.29. The summed E-state index contributed by atoms with van der Waals surface area (Å²) < 4.78 is 31.0. The molecule has 2 aliphatic rings. The number of carbonyl (C=O) groups excluding carboxylic acids is 1. The number of methoxy groups -OCH3 is 1. The molecular formula is C19H28N2O4S. The summed E-state index contributed by atoms with van der Waals surface area (Å²) in [5.41, 5.74) is 1.98. The summed E-state index contributed by atoms with van der Waals surface area (Å²) in [4.78, 5) is 14.7. The number of aryl methyl sites for hydroxylation is 1. The van der Waals surface area contributed by atoms with E-state index in [0.717, 1.165) is 17.5 Å². The zero-order valence-electron chi connectivity index (χ0n) is 15.8. The van der Waals surface area contributed by atoms with Gasteiger partial charge in [-0.3, -0.25) is 4.79 Å². The number of fused-ring (bicyclic) bond motifs is 1. The highest BCUT2D eigenvalue weighted by molar-refractivity contribution is 7.88. The average molecular weight is 381 g/mol. The van der Waals surface area contributed by atoms with Crippen LogP contribution in [0.1, 0.15) is 17.5 Å². The molecule has 2 aliphatic heterocycles. The van der Waals surface area contributed by atoms with Gasteiger partial charge in [-0.1, -0.05) is 29.8 Å². The molecule has 144 valence electrons. The van der Waals surface area contributed by atoms with Crippen LogP contribution in [0.4, 0.5) is 0 Å². The SMILES string of the molecule is COCC12CCN(C(=O)Cc3cccc(C)c3)CC1CN(S(C)(=O)=O)C2. The molecule has 1 aromatic carbocycles. The van der Waals surface area contributed by atoms with Crippen LogP contribution in [0.5, 0.6) is 0 Å². The first-order chi connectivity index (χ1) is 12.2. The van der Waals surface area contributed by atoms with Crippen molar-refractivity contribution >= 4 is 15.9 Å². The number of rotatable bonds is 5. The molecular weight excluding hydrogens is 352 g/mol. The summed E-state index contributed by atoms with van der Waals surface area (Å²) in [5.74, 6) is 0.229. The molecule has 2 fully saturated rings. The van der Waals surface area contributed by atoms with E-state index in [1.54, 1.807) is 11.4 Å². The zero-order chi connectivity index (χ0) is 18.9. The van der Waals surface area contributed by atoms with Gasteiger partial charge in [-0.2, -0.15) is 0 Å². The van der Waals surface area contributed by atoms with Gasteiger partial charge in [-0.05, 0) is 24.8 Å². The van der Waals surface area contributed by atoms with E-state index in [2.05, 4.69) is 0 Å². The van der Waals surface area contributed by atoms with Gasteiger partial charge in [-0.25, -0.2) is 12.7 Å². The second kappa shape index (κ2) is 7.29. The molecule has 2 saturated heterocycles. The third kappa shape index (κ3) is 3.94. The Morgan fingerprint density at radius 3 is 2.77 bits per heavy atom. The van der Waals surface area contributed by atoms with Gasteiger partial charge in [0.2, 0.25) is 15.9 Å². The van der Waals surface area contributed by atoms with Crippen LogP contribution >= 0.6 is 0 Å². The maximum atomic E-state index is 12.8. The summed E-state index contributed by atoms with van der Waals surface area (Å²) in [6.45, 7) is 4.76. The zero-order valence-corrected chi connectivity index (χ0v) is 16.6. The fourth-order valence-electron chi connectivity index (χ4n) is 4.34. The Bertz CT molecular complexity index is 779. The van der Waals surface area contributed by atoms with Crippen LogP contribution in [-0.2, 0) is 26.0 Å². The smallest absolute Gasteiger partial charge is 0.227 e. The molecule has 7 heteroatoms. The molecule has 0 saturated carbocycles. The molecule has 1 aromatic rings. The lowest BCUT2D eigenvalue weighted by Gasteiger charge is -2.43.